The lowest BCUT2D eigenvalue weighted by molar-refractivity contribution is 0.300. The molecule has 8 heteroatoms. The van der Waals surface area contributed by atoms with Gasteiger partial charge in [0.2, 0.25) is 17.8 Å². The van der Waals surface area contributed by atoms with Crippen molar-refractivity contribution in [2.45, 2.75) is 26.0 Å². The van der Waals surface area contributed by atoms with Gasteiger partial charge in [0.25, 0.3) is 0 Å². The van der Waals surface area contributed by atoms with Gasteiger partial charge in [-0.3, -0.25) is 0 Å². The van der Waals surface area contributed by atoms with Gasteiger partial charge >= 0.3 is 0 Å². The SMILES string of the molecule is CCC(Nc1nc(N)nc(N)n1)c1ccccc1OCc1ccccc1Br. The topological polar surface area (TPSA) is 112 Å². The minimum atomic E-state index is -0.0679. The van der Waals surface area contributed by atoms with Gasteiger partial charge in [-0.2, -0.15) is 15.0 Å². The van der Waals surface area contributed by atoms with E-state index in [0.29, 0.717) is 12.6 Å². The van der Waals surface area contributed by atoms with Crippen LogP contribution in [0.2, 0.25) is 0 Å². The average Bonchev–Trinajstić information content (AvgIpc) is 2.65. The Balaban J connectivity index is 1.81. The van der Waals surface area contributed by atoms with E-state index < -0.39 is 0 Å². The molecule has 140 valence electrons. The third-order valence-corrected chi connectivity index (χ3v) is 4.79. The minimum absolute atomic E-state index is 0.0679. The lowest BCUT2D eigenvalue weighted by Crippen LogP contribution is -2.15. The maximum absolute atomic E-state index is 6.10. The second-order valence-corrected chi connectivity index (χ2v) is 6.75. The Morgan fingerprint density at radius 1 is 1.00 bits per heavy atom. The highest BCUT2D eigenvalue weighted by atomic mass is 79.9. The molecule has 1 unspecified atom stereocenters. The van der Waals surface area contributed by atoms with E-state index in [4.69, 9.17) is 16.2 Å². The van der Waals surface area contributed by atoms with Crippen LogP contribution in [-0.2, 0) is 6.61 Å². The van der Waals surface area contributed by atoms with Crippen LogP contribution < -0.4 is 21.5 Å². The van der Waals surface area contributed by atoms with E-state index in [9.17, 15) is 0 Å². The number of hydrogen-bond acceptors (Lipinski definition) is 7. The first-order valence-electron chi connectivity index (χ1n) is 8.55. The number of rotatable bonds is 7. The molecule has 0 radical (unpaired) electrons. The highest BCUT2D eigenvalue weighted by molar-refractivity contribution is 9.10. The van der Waals surface area contributed by atoms with E-state index in [2.05, 4.69) is 43.1 Å². The number of nitrogen functional groups attached to an aromatic ring is 2. The first kappa shape index (κ1) is 18.9. The van der Waals surface area contributed by atoms with Crippen molar-refractivity contribution in [2.75, 3.05) is 16.8 Å². The molecule has 1 aromatic heterocycles. The number of ether oxygens (including phenoxy) is 1. The Hall–Kier alpha value is -2.87. The average molecular weight is 429 g/mol. The van der Waals surface area contributed by atoms with E-state index in [1.54, 1.807) is 0 Å². The summed E-state index contributed by atoms with van der Waals surface area (Å²) in [6.07, 6.45) is 0.793. The van der Waals surface area contributed by atoms with E-state index >= 15 is 0 Å². The Morgan fingerprint density at radius 2 is 1.67 bits per heavy atom. The summed E-state index contributed by atoms with van der Waals surface area (Å²) >= 11 is 3.55. The Bertz CT molecular complexity index is 900. The highest BCUT2D eigenvalue weighted by Crippen LogP contribution is 2.30. The molecular formula is C19H21BrN6O. The molecule has 3 rings (SSSR count). The summed E-state index contributed by atoms with van der Waals surface area (Å²) in [5.74, 6) is 1.30. The van der Waals surface area contributed by atoms with Gasteiger partial charge < -0.3 is 21.5 Å². The number of para-hydroxylation sites is 1. The normalized spacial score (nSPS) is 11.8. The molecule has 0 bridgehead atoms. The number of nitrogens with zero attached hydrogens (tertiary/aromatic N) is 3. The first-order chi connectivity index (χ1) is 13.1. The summed E-state index contributed by atoms with van der Waals surface area (Å²) < 4.78 is 7.12. The van der Waals surface area contributed by atoms with Crippen LogP contribution in [0.4, 0.5) is 17.8 Å². The van der Waals surface area contributed by atoms with Gasteiger partial charge in [0.1, 0.15) is 12.4 Å². The summed E-state index contributed by atoms with van der Waals surface area (Å²) in [6, 6.07) is 15.8. The summed E-state index contributed by atoms with van der Waals surface area (Å²) in [7, 11) is 0. The van der Waals surface area contributed by atoms with Crippen molar-refractivity contribution in [3.8, 4) is 5.75 Å². The fourth-order valence-corrected chi connectivity index (χ4v) is 3.10. The minimum Gasteiger partial charge on any atom is -0.489 e. The van der Waals surface area contributed by atoms with Crippen LogP contribution in [0.15, 0.2) is 53.0 Å². The predicted octanol–water partition coefficient (Wildman–Crippen LogP) is 3.94. The lowest BCUT2D eigenvalue weighted by Gasteiger charge is -2.21. The van der Waals surface area contributed by atoms with Gasteiger partial charge in [0.05, 0.1) is 6.04 Å². The summed E-state index contributed by atoms with van der Waals surface area (Å²) in [6.45, 7) is 2.52. The first-order valence-corrected chi connectivity index (χ1v) is 9.34. The van der Waals surface area contributed by atoms with Crippen molar-refractivity contribution < 1.29 is 4.74 Å². The van der Waals surface area contributed by atoms with Crippen molar-refractivity contribution in [1.82, 2.24) is 15.0 Å². The molecule has 5 N–H and O–H groups in total. The van der Waals surface area contributed by atoms with Gasteiger partial charge in [-0.25, -0.2) is 0 Å². The van der Waals surface area contributed by atoms with Gasteiger partial charge in [-0.05, 0) is 18.6 Å². The van der Waals surface area contributed by atoms with Crippen LogP contribution in [0, 0.1) is 0 Å². The number of aromatic nitrogens is 3. The zero-order chi connectivity index (χ0) is 19.2. The second kappa shape index (κ2) is 8.68. The third kappa shape index (κ3) is 4.85. The van der Waals surface area contributed by atoms with Crippen LogP contribution in [0.25, 0.3) is 0 Å². The Labute approximate surface area is 166 Å². The molecule has 7 nitrogen and oxygen atoms in total. The number of halogens is 1. The fraction of sp³-hybridized carbons (Fsp3) is 0.211. The fourth-order valence-electron chi connectivity index (χ4n) is 2.70. The van der Waals surface area contributed by atoms with Gasteiger partial charge in [-0.15, -0.1) is 0 Å². The van der Waals surface area contributed by atoms with Crippen LogP contribution in [-0.4, -0.2) is 15.0 Å². The molecule has 3 aromatic rings. The molecule has 27 heavy (non-hydrogen) atoms. The maximum atomic E-state index is 6.10. The molecule has 0 aliphatic rings. The van der Waals surface area contributed by atoms with E-state index in [1.807, 2.05) is 48.5 Å². The summed E-state index contributed by atoms with van der Waals surface area (Å²) in [5.41, 5.74) is 13.4. The van der Waals surface area contributed by atoms with Crippen molar-refractivity contribution >= 4 is 33.8 Å². The van der Waals surface area contributed by atoms with Gasteiger partial charge in [-0.1, -0.05) is 59.3 Å². The molecule has 0 aliphatic heterocycles. The smallest absolute Gasteiger partial charge is 0.229 e. The van der Waals surface area contributed by atoms with Gasteiger partial charge in [0, 0.05) is 15.6 Å². The summed E-state index contributed by atoms with van der Waals surface area (Å²) in [4.78, 5) is 12.0. The number of hydrogen-bond donors (Lipinski definition) is 3. The molecular weight excluding hydrogens is 408 g/mol. The van der Waals surface area contributed by atoms with Crippen molar-refractivity contribution in [3.63, 3.8) is 0 Å². The number of nitrogens with two attached hydrogens (primary N) is 2. The second-order valence-electron chi connectivity index (χ2n) is 5.90. The van der Waals surface area contributed by atoms with Crippen LogP contribution in [0.5, 0.6) is 5.75 Å². The quantitative estimate of drug-likeness (QED) is 0.522. The van der Waals surface area contributed by atoms with Crippen molar-refractivity contribution in [3.05, 3.63) is 64.1 Å². The highest BCUT2D eigenvalue weighted by Gasteiger charge is 2.16. The van der Waals surface area contributed by atoms with E-state index in [0.717, 1.165) is 27.8 Å². The van der Waals surface area contributed by atoms with E-state index in [-0.39, 0.29) is 17.9 Å². The molecule has 0 saturated heterocycles. The lowest BCUT2D eigenvalue weighted by atomic mass is 10.0. The third-order valence-electron chi connectivity index (χ3n) is 4.02. The molecule has 0 saturated carbocycles. The largest absolute Gasteiger partial charge is 0.489 e. The van der Waals surface area contributed by atoms with Crippen molar-refractivity contribution in [1.29, 1.82) is 0 Å². The number of nitrogens with one attached hydrogen (secondary N) is 1. The van der Waals surface area contributed by atoms with E-state index in [1.165, 1.54) is 0 Å². The zero-order valence-corrected chi connectivity index (χ0v) is 16.5. The molecule has 0 spiro atoms. The van der Waals surface area contributed by atoms with Gasteiger partial charge in [0.15, 0.2) is 0 Å². The number of anilines is 3. The molecule has 1 heterocycles. The summed E-state index contributed by atoms with van der Waals surface area (Å²) in [5, 5.41) is 3.27. The predicted molar refractivity (Wildman–Crippen MR) is 110 cm³/mol. The molecule has 0 aliphatic carbocycles. The van der Waals surface area contributed by atoms with Crippen molar-refractivity contribution in [2.24, 2.45) is 0 Å². The molecule has 0 amide bonds. The molecule has 0 fully saturated rings. The zero-order valence-electron chi connectivity index (χ0n) is 14.9. The molecule has 1 atom stereocenters. The maximum Gasteiger partial charge on any atom is 0.229 e. The van der Waals surface area contributed by atoms with Crippen LogP contribution in [0.1, 0.15) is 30.5 Å². The number of benzene rings is 2. The van der Waals surface area contributed by atoms with Crippen LogP contribution >= 0.6 is 15.9 Å². The molecule has 2 aromatic carbocycles. The van der Waals surface area contributed by atoms with Crippen LogP contribution in [0.3, 0.4) is 0 Å². The standard InChI is InChI=1S/C19H21BrN6O/c1-2-15(23-19-25-17(21)24-18(22)26-19)13-8-4-6-10-16(13)27-11-12-7-3-5-9-14(12)20/h3-10,15H,2,11H2,1H3,(H5,21,22,23,24,25,26). The Morgan fingerprint density at radius 3 is 2.37 bits per heavy atom. The monoisotopic (exact) mass is 428 g/mol. The Kier molecular flexibility index (Phi) is 6.08.